The number of nitrogens with one attached hydrogen (secondary N) is 1. The van der Waals surface area contributed by atoms with Gasteiger partial charge in [0.15, 0.2) is 5.65 Å². The van der Waals surface area contributed by atoms with Crippen molar-refractivity contribution in [1.82, 2.24) is 24.6 Å². The number of nitrogens with two attached hydrogens (primary N) is 1. The van der Waals surface area contributed by atoms with Crippen LogP contribution >= 0.6 is 0 Å². The van der Waals surface area contributed by atoms with Crippen molar-refractivity contribution in [3.8, 4) is 11.1 Å². The van der Waals surface area contributed by atoms with Crippen LogP contribution in [0.15, 0.2) is 55.2 Å². The average molecular weight is 429 g/mol. The molecule has 0 amide bonds. The molecule has 0 unspecified atom stereocenters. The molecule has 3 aromatic heterocycles. The van der Waals surface area contributed by atoms with Crippen LogP contribution in [-0.4, -0.2) is 55.6 Å². The summed E-state index contributed by atoms with van der Waals surface area (Å²) in [4.78, 5) is 15.1. The highest BCUT2D eigenvalue weighted by molar-refractivity contribution is 6.13. The summed E-state index contributed by atoms with van der Waals surface area (Å²) < 4.78 is 7.54. The van der Waals surface area contributed by atoms with E-state index >= 15 is 0 Å². The van der Waals surface area contributed by atoms with Crippen molar-refractivity contribution in [2.45, 2.75) is 26.1 Å². The number of pyridine rings is 1. The van der Waals surface area contributed by atoms with Crippen LogP contribution in [0.5, 0.6) is 0 Å². The Kier molecular flexibility index (Phi) is 5.02. The van der Waals surface area contributed by atoms with Crippen LogP contribution in [0, 0.1) is 5.41 Å². The van der Waals surface area contributed by atoms with Crippen LogP contribution < -0.4 is 10.6 Å². The molecule has 5 rings (SSSR count). The smallest absolute Gasteiger partial charge is 0.155 e. The molecular weight excluding hydrogens is 404 g/mol. The van der Waals surface area contributed by atoms with Crippen molar-refractivity contribution in [1.29, 1.82) is 5.41 Å². The predicted octanol–water partition coefficient (Wildman–Crippen LogP) is 2.80. The summed E-state index contributed by atoms with van der Waals surface area (Å²) in [7, 11) is 0. The largest absolute Gasteiger partial charge is 0.398 e. The highest BCUT2D eigenvalue weighted by atomic mass is 16.5. The van der Waals surface area contributed by atoms with E-state index in [4.69, 9.17) is 15.9 Å². The first-order valence-electron chi connectivity index (χ1n) is 10.5. The van der Waals surface area contributed by atoms with Gasteiger partial charge in [0.1, 0.15) is 18.5 Å². The lowest BCUT2D eigenvalue weighted by Gasteiger charge is -2.36. The Morgan fingerprint density at radius 1 is 1.00 bits per heavy atom. The van der Waals surface area contributed by atoms with Crippen LogP contribution in [-0.2, 0) is 4.74 Å². The normalized spacial score (nSPS) is 18.8. The minimum atomic E-state index is 0.117. The van der Waals surface area contributed by atoms with E-state index in [9.17, 15) is 0 Å². The van der Waals surface area contributed by atoms with Gasteiger partial charge in [-0.15, -0.1) is 0 Å². The number of morpholine rings is 1. The minimum Gasteiger partial charge on any atom is -0.398 e. The lowest BCUT2D eigenvalue weighted by atomic mass is 9.99. The highest BCUT2D eigenvalue weighted by Crippen LogP contribution is 2.26. The molecule has 2 atom stereocenters. The van der Waals surface area contributed by atoms with Crippen LogP contribution in [0.2, 0.25) is 0 Å². The van der Waals surface area contributed by atoms with E-state index in [1.54, 1.807) is 4.52 Å². The zero-order valence-corrected chi connectivity index (χ0v) is 17.9. The Morgan fingerprint density at radius 2 is 1.78 bits per heavy atom. The number of hydrogen-bond acceptors (Lipinski definition) is 8. The minimum absolute atomic E-state index is 0.117. The van der Waals surface area contributed by atoms with E-state index in [1.807, 2.05) is 42.6 Å². The number of rotatable bonds is 4. The number of hydrogen-bond donors (Lipinski definition) is 2. The van der Waals surface area contributed by atoms with Crippen LogP contribution in [0.25, 0.3) is 16.8 Å². The van der Waals surface area contributed by atoms with Gasteiger partial charge >= 0.3 is 0 Å². The Balaban J connectivity index is 1.47. The van der Waals surface area contributed by atoms with Gasteiger partial charge < -0.3 is 15.4 Å². The van der Waals surface area contributed by atoms with E-state index < -0.39 is 0 Å². The predicted molar refractivity (Wildman–Crippen MR) is 123 cm³/mol. The van der Waals surface area contributed by atoms with Crippen molar-refractivity contribution in [2.24, 2.45) is 0 Å². The molecule has 0 radical (unpaired) electrons. The lowest BCUT2D eigenvalue weighted by Crippen LogP contribution is -2.45. The summed E-state index contributed by atoms with van der Waals surface area (Å²) in [5.41, 5.74) is 10.8. The fraction of sp³-hybridized carbons (Fsp3) is 0.261. The number of ether oxygens (including phenoxy) is 1. The van der Waals surface area contributed by atoms with Gasteiger partial charge in [0.05, 0.1) is 23.6 Å². The summed E-state index contributed by atoms with van der Waals surface area (Å²) in [6.07, 6.45) is 5.16. The Hall–Kier alpha value is -3.85. The quantitative estimate of drug-likeness (QED) is 0.379. The van der Waals surface area contributed by atoms with Gasteiger partial charge in [0.25, 0.3) is 0 Å². The van der Waals surface area contributed by atoms with Crippen LogP contribution in [0.4, 0.5) is 11.5 Å². The molecule has 0 aliphatic carbocycles. The molecule has 1 fully saturated rings. The van der Waals surface area contributed by atoms with Crippen molar-refractivity contribution in [3.05, 3.63) is 66.5 Å². The molecule has 4 heterocycles. The SMILES string of the molecule is C[C@@H]1CN(c2cc(C(=N)c3cc(-c4ccc5ncnn5c4)ccc3N)ncn2)C[C@H](C)O1. The summed E-state index contributed by atoms with van der Waals surface area (Å²) in [5.74, 6) is 0.785. The van der Waals surface area contributed by atoms with Gasteiger partial charge in [0.2, 0.25) is 0 Å². The van der Waals surface area contributed by atoms with Crippen LogP contribution in [0.3, 0.4) is 0 Å². The molecule has 1 saturated heterocycles. The fourth-order valence-electron chi connectivity index (χ4n) is 4.10. The molecule has 1 aromatic carbocycles. The molecule has 0 saturated carbocycles. The van der Waals surface area contributed by atoms with E-state index in [0.29, 0.717) is 16.9 Å². The van der Waals surface area contributed by atoms with Gasteiger partial charge in [-0.3, -0.25) is 5.41 Å². The molecule has 9 nitrogen and oxygen atoms in total. The summed E-state index contributed by atoms with van der Waals surface area (Å²) >= 11 is 0. The summed E-state index contributed by atoms with van der Waals surface area (Å²) in [6, 6.07) is 11.4. The maximum atomic E-state index is 8.83. The second-order valence-electron chi connectivity index (χ2n) is 8.08. The molecule has 3 N–H and O–H groups in total. The molecule has 162 valence electrons. The Bertz CT molecular complexity index is 1290. The van der Waals surface area contributed by atoms with Crippen molar-refractivity contribution in [2.75, 3.05) is 23.7 Å². The van der Waals surface area contributed by atoms with Gasteiger partial charge in [-0.05, 0) is 43.7 Å². The van der Waals surface area contributed by atoms with Gasteiger partial charge in [-0.1, -0.05) is 6.07 Å². The second-order valence-corrected chi connectivity index (χ2v) is 8.08. The van der Waals surface area contributed by atoms with Crippen molar-refractivity contribution >= 4 is 22.9 Å². The zero-order chi connectivity index (χ0) is 22.2. The first-order valence-corrected chi connectivity index (χ1v) is 10.5. The number of nitrogen functional groups attached to an aromatic ring is 1. The zero-order valence-electron chi connectivity index (χ0n) is 17.9. The lowest BCUT2D eigenvalue weighted by molar-refractivity contribution is -0.00546. The van der Waals surface area contributed by atoms with Gasteiger partial charge in [-0.2, -0.15) is 5.10 Å². The number of benzene rings is 1. The van der Waals surface area contributed by atoms with Crippen molar-refractivity contribution < 1.29 is 4.74 Å². The summed E-state index contributed by atoms with van der Waals surface area (Å²) in [5, 5.41) is 13.0. The molecule has 32 heavy (non-hydrogen) atoms. The second kappa shape index (κ2) is 8.01. The van der Waals surface area contributed by atoms with Crippen molar-refractivity contribution in [3.63, 3.8) is 0 Å². The average Bonchev–Trinajstić information content (AvgIpc) is 3.26. The first-order chi connectivity index (χ1) is 15.5. The van der Waals surface area contributed by atoms with E-state index in [1.165, 1.54) is 12.7 Å². The third-order valence-corrected chi connectivity index (χ3v) is 5.58. The number of nitrogens with zero attached hydrogens (tertiary/aromatic N) is 6. The molecular formula is C23H24N8O. The molecule has 1 aliphatic heterocycles. The van der Waals surface area contributed by atoms with Crippen LogP contribution in [0.1, 0.15) is 25.1 Å². The third-order valence-electron chi connectivity index (χ3n) is 5.58. The molecule has 4 aromatic rings. The molecule has 9 heteroatoms. The maximum Gasteiger partial charge on any atom is 0.155 e. The Labute approximate surface area is 185 Å². The maximum absolute atomic E-state index is 8.83. The first kappa shape index (κ1) is 20.1. The van der Waals surface area contributed by atoms with Gasteiger partial charge in [0, 0.05) is 42.2 Å². The number of anilines is 2. The monoisotopic (exact) mass is 428 g/mol. The van der Waals surface area contributed by atoms with E-state index in [2.05, 4.69) is 38.8 Å². The molecule has 1 aliphatic rings. The number of fused-ring (bicyclic) bond motifs is 1. The van der Waals surface area contributed by atoms with Gasteiger partial charge in [-0.25, -0.2) is 19.5 Å². The standard InChI is InChI=1S/C23H24N8O/c1-14-9-30(10-15(2)32-14)22-8-20(26-12-27-22)23(25)18-7-16(3-5-19(18)24)17-4-6-21-28-13-29-31(21)11-17/h3-8,11-15,25H,9-10,24H2,1-2H3/t14-,15+. The fourth-order valence-corrected chi connectivity index (χ4v) is 4.10. The topological polar surface area (TPSA) is 118 Å². The van der Waals surface area contributed by atoms with E-state index in [-0.39, 0.29) is 17.9 Å². The highest BCUT2D eigenvalue weighted by Gasteiger charge is 2.24. The van der Waals surface area contributed by atoms with E-state index in [0.717, 1.165) is 35.7 Å². The third kappa shape index (κ3) is 3.78. The molecule has 0 spiro atoms. The number of aromatic nitrogens is 5. The summed E-state index contributed by atoms with van der Waals surface area (Å²) in [6.45, 7) is 5.60. The Morgan fingerprint density at radius 3 is 2.59 bits per heavy atom. The molecule has 0 bridgehead atoms.